The number of carboxylic acids is 1. The van der Waals surface area contributed by atoms with E-state index in [1.165, 1.54) is 11.8 Å². The smallest absolute Gasteiger partial charge is 0.307 e. The molecule has 3 unspecified atom stereocenters. The molecule has 0 aliphatic heterocycles. The Kier molecular flexibility index (Phi) is 8.23. The fraction of sp³-hybridized carbons (Fsp3) is 0.207. The van der Waals surface area contributed by atoms with Gasteiger partial charge in [0.15, 0.2) is 0 Å². The van der Waals surface area contributed by atoms with Gasteiger partial charge in [0.1, 0.15) is 5.25 Å². The number of hydrogen-bond donors (Lipinski definition) is 3. The van der Waals surface area contributed by atoms with Gasteiger partial charge in [-0.15, -0.1) is 11.8 Å². The van der Waals surface area contributed by atoms with E-state index in [-0.39, 0.29) is 11.8 Å². The molecule has 184 valence electrons. The normalized spacial score (nSPS) is 17.7. The number of aryl methyl sites for hydroxylation is 1. The molecule has 6 nitrogen and oxygen atoms in total. The Morgan fingerprint density at radius 2 is 1.39 bits per heavy atom. The Balaban J connectivity index is 1.46. The van der Waals surface area contributed by atoms with E-state index < -0.39 is 23.1 Å². The first-order chi connectivity index (χ1) is 17.4. The second kappa shape index (κ2) is 11.7. The number of carbonyl (C=O) groups is 3. The van der Waals surface area contributed by atoms with Crippen LogP contribution in [0, 0.1) is 18.8 Å². The number of nitrogens with one attached hydrogen (secondary N) is 2. The molecule has 0 saturated carbocycles. The third kappa shape index (κ3) is 6.43. The molecular formula is C29H28N2O4S. The second-order valence-electron chi connectivity index (χ2n) is 8.77. The molecule has 3 N–H and O–H groups in total. The van der Waals surface area contributed by atoms with E-state index in [1.54, 1.807) is 12.1 Å². The molecule has 4 rings (SSSR count). The number of aliphatic carboxylic acids is 1. The van der Waals surface area contributed by atoms with Gasteiger partial charge in [-0.3, -0.25) is 14.4 Å². The van der Waals surface area contributed by atoms with Crippen molar-refractivity contribution in [2.75, 3.05) is 10.6 Å². The minimum atomic E-state index is -0.956. The number of thioether (sulfide) groups is 1. The van der Waals surface area contributed by atoms with E-state index in [2.05, 4.69) is 10.6 Å². The highest BCUT2D eigenvalue weighted by Gasteiger charge is 2.34. The molecule has 0 bridgehead atoms. The van der Waals surface area contributed by atoms with Crippen molar-refractivity contribution in [3.63, 3.8) is 0 Å². The van der Waals surface area contributed by atoms with Crippen LogP contribution in [0.15, 0.2) is 95.9 Å². The highest BCUT2D eigenvalue weighted by molar-refractivity contribution is 8.00. The molecule has 3 atom stereocenters. The van der Waals surface area contributed by atoms with E-state index in [0.29, 0.717) is 18.5 Å². The summed E-state index contributed by atoms with van der Waals surface area (Å²) in [5, 5.41) is 14.8. The highest BCUT2D eigenvalue weighted by Crippen LogP contribution is 2.37. The van der Waals surface area contributed by atoms with Gasteiger partial charge >= 0.3 is 5.97 Å². The lowest BCUT2D eigenvalue weighted by Crippen LogP contribution is -2.34. The van der Waals surface area contributed by atoms with Gasteiger partial charge in [-0.2, -0.15) is 0 Å². The number of rotatable bonds is 8. The standard InChI is InChI=1S/C29H28N2O4S/c1-19-11-13-21(14-12-19)31-28(33)26(20-7-3-2-4-8-20)36-23-17-15-22(16-18-23)30-27(32)24-9-5-6-10-25(24)29(34)35/h2-8,11-18,24-26H,9-10H2,1H3,(H,30,32)(H,31,33)(H,34,35). The Morgan fingerprint density at radius 3 is 2.03 bits per heavy atom. The van der Waals surface area contributed by atoms with Crippen LogP contribution in [0.25, 0.3) is 0 Å². The summed E-state index contributed by atoms with van der Waals surface area (Å²) in [5.74, 6) is -2.70. The van der Waals surface area contributed by atoms with Gasteiger partial charge in [-0.1, -0.05) is 60.2 Å². The lowest BCUT2D eigenvalue weighted by atomic mass is 9.82. The van der Waals surface area contributed by atoms with E-state index in [1.807, 2.05) is 85.8 Å². The lowest BCUT2D eigenvalue weighted by molar-refractivity contribution is -0.146. The molecule has 3 aromatic rings. The molecule has 0 aromatic heterocycles. The molecule has 0 saturated heterocycles. The number of allylic oxidation sites excluding steroid dienone is 2. The minimum Gasteiger partial charge on any atom is -0.481 e. The molecule has 0 fully saturated rings. The maximum Gasteiger partial charge on any atom is 0.307 e. The van der Waals surface area contributed by atoms with Crippen LogP contribution in [0.4, 0.5) is 11.4 Å². The summed E-state index contributed by atoms with van der Waals surface area (Å²) in [6, 6.07) is 24.5. The van der Waals surface area contributed by atoms with Gasteiger partial charge in [0.25, 0.3) is 0 Å². The summed E-state index contributed by atoms with van der Waals surface area (Å²) in [7, 11) is 0. The van der Waals surface area contributed by atoms with Crippen LogP contribution in [0.3, 0.4) is 0 Å². The van der Waals surface area contributed by atoms with Crippen molar-refractivity contribution in [1.29, 1.82) is 0 Å². The molecule has 0 spiro atoms. The molecule has 3 aromatic carbocycles. The number of carboxylic acid groups (broad SMARTS) is 1. The van der Waals surface area contributed by atoms with Crippen LogP contribution >= 0.6 is 11.8 Å². The monoisotopic (exact) mass is 500 g/mol. The molecule has 1 aliphatic carbocycles. The zero-order chi connectivity index (χ0) is 25.5. The van der Waals surface area contributed by atoms with Crippen molar-refractivity contribution in [3.8, 4) is 0 Å². The van der Waals surface area contributed by atoms with Crippen molar-refractivity contribution >= 4 is 40.9 Å². The number of amides is 2. The number of benzene rings is 3. The summed E-state index contributed by atoms with van der Waals surface area (Å²) in [6.07, 6.45) is 4.43. The number of anilines is 2. The van der Waals surface area contributed by atoms with Gasteiger partial charge in [-0.25, -0.2) is 0 Å². The third-order valence-corrected chi connectivity index (χ3v) is 7.39. The number of carbonyl (C=O) groups excluding carboxylic acids is 2. The molecule has 2 amide bonds. The predicted molar refractivity (Wildman–Crippen MR) is 143 cm³/mol. The van der Waals surface area contributed by atoms with Crippen LogP contribution in [0.5, 0.6) is 0 Å². The van der Waals surface area contributed by atoms with Crippen LogP contribution in [-0.4, -0.2) is 22.9 Å². The number of hydrogen-bond acceptors (Lipinski definition) is 4. The zero-order valence-electron chi connectivity index (χ0n) is 19.9. The first-order valence-corrected chi connectivity index (χ1v) is 12.7. The third-order valence-electron chi connectivity index (χ3n) is 6.12. The summed E-state index contributed by atoms with van der Waals surface area (Å²) in [4.78, 5) is 38.4. The molecule has 0 radical (unpaired) electrons. The van der Waals surface area contributed by atoms with Crippen molar-refractivity contribution in [3.05, 3.63) is 102 Å². The molecule has 36 heavy (non-hydrogen) atoms. The maximum absolute atomic E-state index is 13.2. The fourth-order valence-electron chi connectivity index (χ4n) is 4.11. The van der Waals surface area contributed by atoms with Gasteiger partial charge in [-0.05, 0) is 61.7 Å². The Hall–Kier alpha value is -3.84. The van der Waals surface area contributed by atoms with Gasteiger partial charge in [0, 0.05) is 16.3 Å². The van der Waals surface area contributed by atoms with Crippen molar-refractivity contribution < 1.29 is 19.5 Å². The van der Waals surface area contributed by atoms with Crippen molar-refractivity contribution in [2.24, 2.45) is 11.8 Å². The van der Waals surface area contributed by atoms with Gasteiger partial charge < -0.3 is 15.7 Å². The van der Waals surface area contributed by atoms with Crippen LogP contribution in [-0.2, 0) is 14.4 Å². The van der Waals surface area contributed by atoms with Crippen molar-refractivity contribution in [2.45, 2.75) is 29.9 Å². The van der Waals surface area contributed by atoms with Gasteiger partial charge in [0.2, 0.25) is 11.8 Å². The predicted octanol–water partition coefficient (Wildman–Crippen LogP) is 6.07. The summed E-state index contributed by atoms with van der Waals surface area (Å²) in [5.41, 5.74) is 3.33. The molecule has 7 heteroatoms. The van der Waals surface area contributed by atoms with Crippen LogP contribution in [0.1, 0.15) is 29.2 Å². The van der Waals surface area contributed by atoms with E-state index in [4.69, 9.17) is 0 Å². The SMILES string of the molecule is Cc1ccc(NC(=O)C(Sc2ccc(NC(=O)C3CC=CCC3C(=O)O)cc2)c2ccccc2)cc1. The second-order valence-corrected chi connectivity index (χ2v) is 9.95. The first-order valence-electron chi connectivity index (χ1n) is 11.8. The maximum atomic E-state index is 13.2. The molecule has 1 aliphatic rings. The summed E-state index contributed by atoms with van der Waals surface area (Å²) in [6.45, 7) is 2.00. The average molecular weight is 501 g/mol. The summed E-state index contributed by atoms with van der Waals surface area (Å²) < 4.78 is 0. The Bertz CT molecular complexity index is 1240. The largest absolute Gasteiger partial charge is 0.481 e. The average Bonchev–Trinajstić information content (AvgIpc) is 2.90. The summed E-state index contributed by atoms with van der Waals surface area (Å²) >= 11 is 1.42. The highest BCUT2D eigenvalue weighted by atomic mass is 32.2. The zero-order valence-corrected chi connectivity index (χ0v) is 20.7. The van der Waals surface area contributed by atoms with Gasteiger partial charge in [0.05, 0.1) is 11.8 Å². The Morgan fingerprint density at radius 1 is 0.806 bits per heavy atom. The lowest BCUT2D eigenvalue weighted by Gasteiger charge is -2.24. The van der Waals surface area contributed by atoms with Crippen LogP contribution in [0.2, 0.25) is 0 Å². The minimum absolute atomic E-state index is 0.127. The fourth-order valence-corrected chi connectivity index (χ4v) is 5.13. The first kappa shape index (κ1) is 25.3. The van der Waals surface area contributed by atoms with E-state index >= 15 is 0 Å². The van der Waals surface area contributed by atoms with E-state index in [9.17, 15) is 19.5 Å². The van der Waals surface area contributed by atoms with Crippen LogP contribution < -0.4 is 10.6 Å². The molecular weight excluding hydrogens is 472 g/mol. The molecule has 0 heterocycles. The topological polar surface area (TPSA) is 95.5 Å². The quantitative estimate of drug-likeness (QED) is 0.258. The van der Waals surface area contributed by atoms with Crippen molar-refractivity contribution in [1.82, 2.24) is 0 Å². The van der Waals surface area contributed by atoms with E-state index in [0.717, 1.165) is 21.7 Å². The Labute approximate surface area is 214 Å².